The predicted molar refractivity (Wildman–Crippen MR) is 123 cm³/mol. The second-order valence-corrected chi connectivity index (χ2v) is 7.64. The van der Waals surface area contributed by atoms with Gasteiger partial charge in [-0.25, -0.2) is 4.98 Å². The minimum atomic E-state index is -0.164. The van der Waals surface area contributed by atoms with E-state index in [4.69, 9.17) is 9.15 Å². The standard InChI is InChI=1S/C26H26N2O3/c1-3-4-14-30-22-7-5-6-20(17-22)26(29)27-21-11-9-19(10-12-21)16-25-28-23-15-18(2)8-13-24(23)31-25/h5-13,15,17H,3-4,14,16H2,1-2H3,(H,27,29). The molecule has 31 heavy (non-hydrogen) atoms. The minimum absolute atomic E-state index is 0.164. The maximum absolute atomic E-state index is 12.6. The molecule has 5 heteroatoms. The lowest BCUT2D eigenvalue weighted by Gasteiger charge is -2.09. The highest BCUT2D eigenvalue weighted by molar-refractivity contribution is 6.04. The number of unbranched alkanes of at least 4 members (excludes halogenated alkanes) is 1. The van der Waals surface area contributed by atoms with E-state index in [1.807, 2.05) is 61.5 Å². The van der Waals surface area contributed by atoms with E-state index in [1.165, 1.54) is 0 Å². The molecule has 4 rings (SSSR count). The SMILES string of the molecule is CCCCOc1cccc(C(=O)Nc2ccc(Cc3nc4cc(C)ccc4o3)cc2)c1. The number of fused-ring (bicyclic) bond motifs is 1. The van der Waals surface area contributed by atoms with Gasteiger partial charge in [0.2, 0.25) is 0 Å². The Morgan fingerprint density at radius 2 is 1.90 bits per heavy atom. The average Bonchev–Trinajstić information content (AvgIpc) is 3.17. The number of oxazole rings is 1. The highest BCUT2D eigenvalue weighted by Gasteiger charge is 2.09. The van der Waals surface area contributed by atoms with Crippen LogP contribution >= 0.6 is 0 Å². The first-order valence-corrected chi connectivity index (χ1v) is 10.6. The van der Waals surface area contributed by atoms with E-state index in [0.717, 1.165) is 40.8 Å². The molecule has 0 bridgehead atoms. The first-order valence-electron chi connectivity index (χ1n) is 10.6. The number of ether oxygens (including phenoxy) is 1. The third kappa shape index (κ3) is 5.31. The van der Waals surface area contributed by atoms with Gasteiger partial charge in [0.15, 0.2) is 11.5 Å². The van der Waals surface area contributed by atoms with Crippen molar-refractivity contribution >= 4 is 22.7 Å². The summed E-state index contributed by atoms with van der Waals surface area (Å²) in [6.07, 6.45) is 2.66. The summed E-state index contributed by atoms with van der Waals surface area (Å²) in [6.45, 7) is 4.81. The van der Waals surface area contributed by atoms with Gasteiger partial charge in [0.05, 0.1) is 6.61 Å². The van der Waals surface area contributed by atoms with Gasteiger partial charge in [-0.2, -0.15) is 0 Å². The van der Waals surface area contributed by atoms with Crippen LogP contribution in [0.4, 0.5) is 5.69 Å². The molecule has 5 nitrogen and oxygen atoms in total. The van der Waals surface area contributed by atoms with Crippen LogP contribution in [0.5, 0.6) is 5.75 Å². The second kappa shape index (κ2) is 9.47. The van der Waals surface area contributed by atoms with Crippen molar-refractivity contribution in [1.29, 1.82) is 0 Å². The average molecular weight is 415 g/mol. The van der Waals surface area contributed by atoms with Gasteiger partial charge in [0, 0.05) is 17.7 Å². The molecule has 0 spiro atoms. The van der Waals surface area contributed by atoms with Gasteiger partial charge in [-0.05, 0) is 66.9 Å². The zero-order valence-corrected chi connectivity index (χ0v) is 17.9. The van der Waals surface area contributed by atoms with Crippen molar-refractivity contribution in [1.82, 2.24) is 4.98 Å². The number of carbonyl (C=O) groups excluding carboxylic acids is 1. The molecule has 4 aromatic rings. The number of aromatic nitrogens is 1. The topological polar surface area (TPSA) is 64.4 Å². The maximum Gasteiger partial charge on any atom is 0.255 e. The number of nitrogens with zero attached hydrogens (tertiary/aromatic N) is 1. The van der Waals surface area contributed by atoms with E-state index >= 15 is 0 Å². The number of nitrogens with one attached hydrogen (secondary N) is 1. The third-order valence-corrected chi connectivity index (χ3v) is 5.02. The molecule has 1 N–H and O–H groups in total. The van der Waals surface area contributed by atoms with Crippen LogP contribution in [0.25, 0.3) is 11.1 Å². The Kier molecular flexibility index (Phi) is 6.32. The fraction of sp³-hybridized carbons (Fsp3) is 0.231. The Labute approximate surface area is 182 Å². The van der Waals surface area contributed by atoms with Crippen molar-refractivity contribution < 1.29 is 13.9 Å². The normalized spacial score (nSPS) is 10.9. The predicted octanol–water partition coefficient (Wildman–Crippen LogP) is 6.16. The molecule has 0 fully saturated rings. The van der Waals surface area contributed by atoms with Crippen LogP contribution < -0.4 is 10.1 Å². The van der Waals surface area contributed by atoms with Crippen molar-refractivity contribution in [2.24, 2.45) is 0 Å². The summed E-state index contributed by atoms with van der Waals surface area (Å²) in [6, 6.07) is 21.0. The first-order chi connectivity index (χ1) is 15.1. The van der Waals surface area contributed by atoms with Crippen LogP contribution in [0.1, 0.15) is 47.1 Å². The molecule has 0 aliphatic carbocycles. The molecule has 0 atom stereocenters. The Morgan fingerprint density at radius 1 is 1.06 bits per heavy atom. The molecule has 0 unspecified atom stereocenters. The number of anilines is 1. The lowest BCUT2D eigenvalue weighted by Crippen LogP contribution is -2.12. The molecule has 0 radical (unpaired) electrons. The summed E-state index contributed by atoms with van der Waals surface area (Å²) in [5.74, 6) is 1.23. The number of carbonyl (C=O) groups is 1. The van der Waals surface area contributed by atoms with Crippen LogP contribution in [-0.2, 0) is 6.42 Å². The number of rotatable bonds is 8. The van der Waals surface area contributed by atoms with Crippen LogP contribution in [0.15, 0.2) is 71.1 Å². The van der Waals surface area contributed by atoms with Gasteiger partial charge in [-0.3, -0.25) is 4.79 Å². The molecule has 0 aliphatic rings. The fourth-order valence-electron chi connectivity index (χ4n) is 3.31. The van der Waals surface area contributed by atoms with Crippen LogP contribution in [0, 0.1) is 6.92 Å². The summed E-state index contributed by atoms with van der Waals surface area (Å²) in [5.41, 5.74) is 5.20. The van der Waals surface area contributed by atoms with E-state index in [9.17, 15) is 4.79 Å². The summed E-state index contributed by atoms with van der Waals surface area (Å²) in [7, 11) is 0. The summed E-state index contributed by atoms with van der Waals surface area (Å²) in [5, 5.41) is 2.94. The van der Waals surface area contributed by atoms with E-state index in [2.05, 4.69) is 17.2 Å². The van der Waals surface area contributed by atoms with Gasteiger partial charge in [0.25, 0.3) is 5.91 Å². The number of amides is 1. The zero-order chi connectivity index (χ0) is 21.6. The molecule has 1 amide bonds. The van der Waals surface area contributed by atoms with Crippen molar-refractivity contribution in [3.05, 3.63) is 89.3 Å². The van der Waals surface area contributed by atoms with E-state index in [-0.39, 0.29) is 5.91 Å². The number of hydrogen-bond acceptors (Lipinski definition) is 4. The van der Waals surface area contributed by atoms with Gasteiger partial charge >= 0.3 is 0 Å². The van der Waals surface area contributed by atoms with Gasteiger partial charge in [-0.15, -0.1) is 0 Å². The Balaban J connectivity index is 1.38. The van der Waals surface area contributed by atoms with E-state index in [1.54, 1.807) is 12.1 Å². The molecule has 0 aliphatic heterocycles. The number of benzene rings is 3. The molecule has 3 aromatic carbocycles. The fourth-order valence-corrected chi connectivity index (χ4v) is 3.31. The molecule has 0 saturated heterocycles. The van der Waals surface area contributed by atoms with Crippen molar-refractivity contribution in [3.8, 4) is 5.75 Å². The van der Waals surface area contributed by atoms with Crippen molar-refractivity contribution in [2.45, 2.75) is 33.1 Å². The smallest absolute Gasteiger partial charge is 0.255 e. The minimum Gasteiger partial charge on any atom is -0.494 e. The Hall–Kier alpha value is -3.60. The second-order valence-electron chi connectivity index (χ2n) is 7.64. The van der Waals surface area contributed by atoms with Crippen LogP contribution in [0.2, 0.25) is 0 Å². The first kappa shape index (κ1) is 20.7. The van der Waals surface area contributed by atoms with Crippen molar-refractivity contribution in [2.75, 3.05) is 11.9 Å². The van der Waals surface area contributed by atoms with Crippen molar-refractivity contribution in [3.63, 3.8) is 0 Å². The summed E-state index contributed by atoms with van der Waals surface area (Å²) >= 11 is 0. The van der Waals surface area contributed by atoms with Gasteiger partial charge in [0.1, 0.15) is 11.3 Å². The lowest BCUT2D eigenvalue weighted by molar-refractivity contribution is 0.102. The molecule has 158 valence electrons. The van der Waals surface area contributed by atoms with Gasteiger partial charge < -0.3 is 14.5 Å². The molecule has 1 heterocycles. The third-order valence-electron chi connectivity index (χ3n) is 5.02. The van der Waals surface area contributed by atoms with Gasteiger partial charge in [-0.1, -0.05) is 37.6 Å². The van der Waals surface area contributed by atoms with Crippen LogP contribution in [0.3, 0.4) is 0 Å². The lowest BCUT2D eigenvalue weighted by atomic mass is 10.1. The monoisotopic (exact) mass is 414 g/mol. The summed E-state index contributed by atoms with van der Waals surface area (Å²) < 4.78 is 11.5. The Bertz CT molecular complexity index is 1180. The molecule has 0 saturated carbocycles. The largest absolute Gasteiger partial charge is 0.494 e. The molecular weight excluding hydrogens is 388 g/mol. The summed E-state index contributed by atoms with van der Waals surface area (Å²) in [4.78, 5) is 17.2. The maximum atomic E-state index is 12.6. The van der Waals surface area contributed by atoms with E-state index < -0.39 is 0 Å². The van der Waals surface area contributed by atoms with E-state index in [0.29, 0.717) is 30.2 Å². The highest BCUT2D eigenvalue weighted by Crippen LogP contribution is 2.20. The Morgan fingerprint density at radius 3 is 2.71 bits per heavy atom. The number of aryl methyl sites for hydroxylation is 1. The quantitative estimate of drug-likeness (QED) is 0.351. The van der Waals surface area contributed by atoms with Crippen LogP contribution in [-0.4, -0.2) is 17.5 Å². The highest BCUT2D eigenvalue weighted by atomic mass is 16.5. The number of hydrogen-bond donors (Lipinski definition) is 1. The molecule has 1 aromatic heterocycles. The zero-order valence-electron chi connectivity index (χ0n) is 17.9. The molecular formula is C26H26N2O3.